The standard InChI is InChI=1S/C24H35N3O2/c1-4-22(28)27-16-12-21(13-17-27)26(3)23(29)25-18-19-10-14-24(2,15-11-19)20-8-6-5-7-9-20/h5-9,18-19,21H,4,10-17H2,1-3H3/b25-18-. The van der Waals surface area contributed by atoms with Crippen molar-refractivity contribution in [1.29, 1.82) is 0 Å². The molecule has 5 heteroatoms. The van der Waals surface area contributed by atoms with Crippen molar-refractivity contribution in [3.8, 4) is 0 Å². The Bertz CT molecular complexity index is 715. The number of carbonyl (C=O) groups excluding carboxylic acids is 2. The summed E-state index contributed by atoms with van der Waals surface area (Å²) in [6.45, 7) is 5.72. The first-order chi connectivity index (χ1) is 13.9. The summed E-state index contributed by atoms with van der Waals surface area (Å²) in [5, 5.41) is 0. The van der Waals surface area contributed by atoms with Crippen LogP contribution in [0.3, 0.4) is 0 Å². The molecule has 1 aliphatic carbocycles. The number of urea groups is 1. The Morgan fingerprint density at radius 1 is 1.14 bits per heavy atom. The first-order valence-electron chi connectivity index (χ1n) is 11.1. The molecular weight excluding hydrogens is 362 g/mol. The van der Waals surface area contributed by atoms with E-state index in [1.54, 1.807) is 4.90 Å². The number of piperidine rings is 1. The minimum absolute atomic E-state index is 0.151. The van der Waals surface area contributed by atoms with Gasteiger partial charge in [0.1, 0.15) is 0 Å². The van der Waals surface area contributed by atoms with Crippen molar-refractivity contribution in [1.82, 2.24) is 9.80 Å². The molecule has 1 saturated heterocycles. The highest BCUT2D eigenvalue weighted by atomic mass is 16.2. The van der Waals surface area contributed by atoms with Gasteiger partial charge in [-0.2, -0.15) is 0 Å². The summed E-state index contributed by atoms with van der Waals surface area (Å²) < 4.78 is 0. The van der Waals surface area contributed by atoms with Crippen LogP contribution in [0.2, 0.25) is 0 Å². The van der Waals surface area contributed by atoms with Gasteiger partial charge in [0, 0.05) is 38.8 Å². The quantitative estimate of drug-likeness (QED) is 0.694. The summed E-state index contributed by atoms with van der Waals surface area (Å²) in [6, 6.07) is 10.8. The topological polar surface area (TPSA) is 53.0 Å². The predicted molar refractivity (Wildman–Crippen MR) is 117 cm³/mol. The zero-order valence-electron chi connectivity index (χ0n) is 18.1. The van der Waals surface area contributed by atoms with Gasteiger partial charge in [0.05, 0.1) is 0 Å². The molecule has 0 spiro atoms. The fourth-order valence-electron chi connectivity index (χ4n) is 4.70. The van der Waals surface area contributed by atoms with Gasteiger partial charge in [0.25, 0.3) is 0 Å². The van der Waals surface area contributed by atoms with E-state index in [-0.39, 0.29) is 23.4 Å². The van der Waals surface area contributed by atoms with E-state index >= 15 is 0 Å². The molecule has 1 heterocycles. The predicted octanol–water partition coefficient (Wildman–Crippen LogP) is 4.66. The lowest BCUT2D eigenvalue weighted by Crippen LogP contribution is -2.46. The Hall–Kier alpha value is -2.17. The molecule has 5 nitrogen and oxygen atoms in total. The minimum Gasteiger partial charge on any atom is -0.343 e. The highest BCUT2D eigenvalue weighted by Crippen LogP contribution is 2.40. The second-order valence-electron chi connectivity index (χ2n) is 8.90. The fraction of sp³-hybridized carbons (Fsp3) is 0.625. The minimum atomic E-state index is -0.151. The lowest BCUT2D eigenvalue weighted by molar-refractivity contribution is -0.132. The smallest absolute Gasteiger partial charge is 0.343 e. The number of hydrogen-bond acceptors (Lipinski definition) is 2. The molecule has 1 aliphatic heterocycles. The summed E-state index contributed by atoms with van der Waals surface area (Å²) in [7, 11) is 1.84. The molecule has 0 atom stereocenters. The molecule has 1 aromatic rings. The van der Waals surface area contributed by atoms with Gasteiger partial charge in [-0.3, -0.25) is 4.79 Å². The zero-order valence-corrected chi connectivity index (χ0v) is 18.1. The average molecular weight is 398 g/mol. The number of nitrogens with zero attached hydrogens (tertiary/aromatic N) is 3. The van der Waals surface area contributed by atoms with Crippen LogP contribution in [0.5, 0.6) is 0 Å². The third-order valence-electron chi connectivity index (χ3n) is 6.97. The van der Waals surface area contributed by atoms with E-state index in [9.17, 15) is 9.59 Å². The summed E-state index contributed by atoms with van der Waals surface area (Å²) in [4.78, 5) is 32.3. The van der Waals surface area contributed by atoms with Crippen LogP contribution in [0.4, 0.5) is 4.79 Å². The van der Waals surface area contributed by atoms with Gasteiger partial charge in [-0.25, -0.2) is 9.79 Å². The second kappa shape index (κ2) is 9.55. The Balaban J connectivity index is 1.47. The van der Waals surface area contributed by atoms with Crippen molar-refractivity contribution in [3.05, 3.63) is 35.9 Å². The number of amides is 3. The number of rotatable bonds is 4. The average Bonchev–Trinajstić information content (AvgIpc) is 2.78. The number of carbonyl (C=O) groups is 2. The fourth-order valence-corrected chi connectivity index (χ4v) is 4.70. The molecule has 2 aliphatic rings. The van der Waals surface area contributed by atoms with Gasteiger partial charge >= 0.3 is 6.03 Å². The van der Waals surface area contributed by atoms with Crippen LogP contribution in [0.1, 0.15) is 64.4 Å². The van der Waals surface area contributed by atoms with Crippen LogP contribution in [0, 0.1) is 5.92 Å². The second-order valence-corrected chi connectivity index (χ2v) is 8.90. The molecular formula is C24H35N3O2. The van der Waals surface area contributed by atoms with E-state index in [4.69, 9.17) is 0 Å². The number of hydrogen-bond donors (Lipinski definition) is 0. The first kappa shape index (κ1) is 21.5. The van der Waals surface area contributed by atoms with Crippen LogP contribution < -0.4 is 0 Å². The monoisotopic (exact) mass is 397 g/mol. The molecule has 0 radical (unpaired) electrons. The molecule has 0 unspecified atom stereocenters. The summed E-state index contributed by atoms with van der Waals surface area (Å²) in [6.07, 6.45) is 8.51. The molecule has 29 heavy (non-hydrogen) atoms. The van der Waals surface area contributed by atoms with Crippen molar-refractivity contribution in [2.24, 2.45) is 10.9 Å². The molecule has 3 amide bonds. The Kier molecular flexibility index (Phi) is 7.09. The maximum Gasteiger partial charge on any atom is 0.343 e. The van der Waals surface area contributed by atoms with Crippen molar-refractivity contribution in [3.63, 3.8) is 0 Å². The normalized spacial score (nSPS) is 25.9. The van der Waals surface area contributed by atoms with Gasteiger partial charge in [0.2, 0.25) is 5.91 Å². The summed E-state index contributed by atoms with van der Waals surface area (Å²) in [5.74, 6) is 0.586. The first-order valence-corrected chi connectivity index (χ1v) is 11.1. The number of likely N-dealkylation sites (tertiary alicyclic amines) is 1. The maximum absolute atomic E-state index is 12.6. The van der Waals surface area contributed by atoms with Crippen molar-refractivity contribution in [2.45, 2.75) is 70.3 Å². The van der Waals surface area contributed by atoms with Gasteiger partial charge in [-0.15, -0.1) is 0 Å². The molecule has 0 bridgehead atoms. The molecule has 0 aromatic heterocycles. The number of benzene rings is 1. The highest BCUT2D eigenvalue weighted by Gasteiger charge is 2.32. The van der Waals surface area contributed by atoms with Crippen LogP contribution >= 0.6 is 0 Å². The van der Waals surface area contributed by atoms with Gasteiger partial charge in [-0.05, 0) is 55.4 Å². The molecule has 1 saturated carbocycles. The van der Waals surface area contributed by atoms with Gasteiger partial charge in [-0.1, -0.05) is 44.2 Å². The molecule has 0 N–H and O–H groups in total. The molecule has 1 aromatic carbocycles. The van der Waals surface area contributed by atoms with Gasteiger partial charge in [0.15, 0.2) is 0 Å². The lowest BCUT2D eigenvalue weighted by atomic mass is 9.68. The van der Waals surface area contributed by atoms with Crippen LogP contribution in [-0.4, -0.2) is 54.1 Å². The Morgan fingerprint density at radius 3 is 2.34 bits per heavy atom. The van der Waals surface area contributed by atoms with Crippen LogP contribution in [0.25, 0.3) is 0 Å². The lowest BCUT2D eigenvalue weighted by Gasteiger charge is -2.37. The van der Waals surface area contributed by atoms with E-state index in [0.717, 1.165) is 51.6 Å². The summed E-state index contributed by atoms with van der Waals surface area (Å²) >= 11 is 0. The molecule has 2 fully saturated rings. The highest BCUT2D eigenvalue weighted by molar-refractivity contribution is 5.84. The van der Waals surface area contributed by atoms with Crippen LogP contribution in [-0.2, 0) is 10.2 Å². The summed E-state index contributed by atoms with van der Waals surface area (Å²) in [5.41, 5.74) is 1.65. The maximum atomic E-state index is 12.6. The largest absolute Gasteiger partial charge is 0.343 e. The van der Waals surface area contributed by atoms with Gasteiger partial charge < -0.3 is 9.80 Å². The SMILES string of the molecule is CCC(=O)N1CCC(N(C)C(=O)/N=C\C2CCC(C)(c3ccccc3)CC2)CC1. The van der Waals surface area contributed by atoms with E-state index in [1.807, 2.05) is 25.1 Å². The van der Waals surface area contributed by atoms with Crippen molar-refractivity contribution >= 4 is 18.2 Å². The van der Waals surface area contributed by atoms with E-state index < -0.39 is 0 Å². The van der Waals surface area contributed by atoms with E-state index in [0.29, 0.717) is 12.3 Å². The Labute approximate surface area is 175 Å². The number of aliphatic imine (C=N–C) groups is 1. The van der Waals surface area contributed by atoms with Crippen molar-refractivity contribution in [2.75, 3.05) is 20.1 Å². The van der Waals surface area contributed by atoms with E-state index in [2.05, 4.69) is 42.2 Å². The van der Waals surface area contributed by atoms with Crippen LogP contribution in [0.15, 0.2) is 35.3 Å². The Morgan fingerprint density at radius 2 is 1.76 bits per heavy atom. The zero-order chi connectivity index (χ0) is 20.9. The van der Waals surface area contributed by atoms with E-state index in [1.165, 1.54) is 5.56 Å². The van der Waals surface area contributed by atoms with Crippen molar-refractivity contribution < 1.29 is 9.59 Å². The third-order valence-corrected chi connectivity index (χ3v) is 6.97. The third kappa shape index (κ3) is 5.26. The molecule has 3 rings (SSSR count). The molecule has 158 valence electrons.